The van der Waals surface area contributed by atoms with Crippen molar-refractivity contribution < 1.29 is 9.18 Å². The normalized spacial score (nSPS) is 22.7. The van der Waals surface area contributed by atoms with E-state index in [1.165, 1.54) is 31.7 Å². The Morgan fingerprint density at radius 3 is 2.80 bits per heavy atom. The van der Waals surface area contributed by atoms with Crippen LogP contribution in [0, 0.1) is 17.7 Å². The number of benzene rings is 1. The van der Waals surface area contributed by atoms with Crippen molar-refractivity contribution in [2.45, 2.75) is 39.2 Å². The molecule has 1 aromatic carbocycles. The summed E-state index contributed by atoms with van der Waals surface area (Å²) in [6.07, 6.45) is 5.20. The fourth-order valence-corrected chi connectivity index (χ4v) is 2.93. The Bertz CT molecular complexity index is 476. The molecule has 0 radical (unpaired) electrons. The van der Waals surface area contributed by atoms with E-state index in [4.69, 9.17) is 5.73 Å². The molecule has 2 rings (SSSR count). The molecule has 1 aliphatic carbocycles. The summed E-state index contributed by atoms with van der Waals surface area (Å²) in [7, 11) is 0. The number of carbonyl (C=O) groups is 1. The first-order valence-corrected chi connectivity index (χ1v) is 7.37. The molecule has 2 unspecified atom stereocenters. The number of amides is 1. The van der Waals surface area contributed by atoms with Gasteiger partial charge in [-0.3, -0.25) is 4.79 Å². The minimum absolute atomic E-state index is 0.215. The molecule has 3 nitrogen and oxygen atoms in total. The lowest BCUT2D eigenvalue weighted by molar-refractivity contribution is 0.1000. The van der Waals surface area contributed by atoms with Crippen LogP contribution in [0.4, 0.5) is 4.39 Å². The Labute approximate surface area is 119 Å². The van der Waals surface area contributed by atoms with E-state index in [0.717, 1.165) is 12.5 Å². The molecular weight excluding hydrogens is 255 g/mol. The van der Waals surface area contributed by atoms with Crippen LogP contribution in [0.3, 0.4) is 0 Å². The maximum Gasteiger partial charge on any atom is 0.248 e. The predicted octanol–water partition coefficient (Wildman–Crippen LogP) is 2.84. The molecule has 0 heterocycles. The molecular formula is C16H23FN2O. The zero-order valence-corrected chi connectivity index (χ0v) is 12.0. The lowest BCUT2D eigenvalue weighted by atomic mass is 9.80. The van der Waals surface area contributed by atoms with Crippen LogP contribution in [0.5, 0.6) is 0 Å². The van der Waals surface area contributed by atoms with Crippen LogP contribution in [0.2, 0.25) is 0 Å². The van der Waals surface area contributed by atoms with Crippen molar-refractivity contribution >= 4 is 5.91 Å². The highest BCUT2D eigenvalue weighted by atomic mass is 19.1. The van der Waals surface area contributed by atoms with E-state index >= 15 is 0 Å². The molecule has 1 fully saturated rings. The van der Waals surface area contributed by atoms with Gasteiger partial charge >= 0.3 is 0 Å². The molecule has 4 heteroatoms. The van der Waals surface area contributed by atoms with E-state index in [2.05, 4.69) is 12.2 Å². The van der Waals surface area contributed by atoms with Gasteiger partial charge in [0.15, 0.2) is 0 Å². The average Bonchev–Trinajstić information content (AvgIpc) is 2.42. The molecule has 0 spiro atoms. The van der Waals surface area contributed by atoms with Crippen molar-refractivity contribution in [2.75, 3.05) is 6.54 Å². The van der Waals surface area contributed by atoms with E-state index in [1.807, 2.05) is 0 Å². The fourth-order valence-electron chi connectivity index (χ4n) is 2.93. The van der Waals surface area contributed by atoms with Crippen molar-refractivity contribution in [3.8, 4) is 0 Å². The van der Waals surface area contributed by atoms with Crippen LogP contribution in [0.25, 0.3) is 0 Å². The average molecular weight is 278 g/mol. The molecule has 0 bridgehead atoms. The first-order chi connectivity index (χ1) is 9.58. The van der Waals surface area contributed by atoms with Crippen molar-refractivity contribution in [3.05, 3.63) is 35.1 Å². The smallest absolute Gasteiger partial charge is 0.248 e. The lowest BCUT2D eigenvalue weighted by Crippen LogP contribution is -2.29. The summed E-state index contributed by atoms with van der Waals surface area (Å²) in [4.78, 5) is 11.0. The molecule has 1 amide bonds. The van der Waals surface area contributed by atoms with E-state index in [0.29, 0.717) is 18.0 Å². The molecule has 20 heavy (non-hydrogen) atoms. The number of hydrogen-bond acceptors (Lipinski definition) is 2. The van der Waals surface area contributed by atoms with Gasteiger partial charge in [0.1, 0.15) is 5.82 Å². The summed E-state index contributed by atoms with van der Waals surface area (Å²) in [5.41, 5.74) is 5.92. The number of primary amides is 1. The van der Waals surface area contributed by atoms with E-state index in [1.54, 1.807) is 12.1 Å². The van der Waals surface area contributed by atoms with Crippen LogP contribution in [0.15, 0.2) is 18.2 Å². The minimum atomic E-state index is -0.598. The third-order valence-corrected chi connectivity index (χ3v) is 4.35. The van der Waals surface area contributed by atoms with Gasteiger partial charge in [-0.15, -0.1) is 0 Å². The van der Waals surface area contributed by atoms with E-state index in [-0.39, 0.29) is 11.4 Å². The van der Waals surface area contributed by atoms with Gasteiger partial charge in [-0.2, -0.15) is 0 Å². The molecule has 2 atom stereocenters. The third-order valence-electron chi connectivity index (χ3n) is 4.35. The topological polar surface area (TPSA) is 55.1 Å². The Morgan fingerprint density at radius 2 is 2.15 bits per heavy atom. The van der Waals surface area contributed by atoms with Crippen LogP contribution in [-0.2, 0) is 6.54 Å². The minimum Gasteiger partial charge on any atom is -0.366 e. The second-order valence-corrected chi connectivity index (χ2v) is 5.82. The lowest BCUT2D eigenvalue weighted by Gasteiger charge is -2.28. The SMILES string of the molecule is CC1CCCCC1CNCc1ccc(C(N)=O)cc1F. The highest BCUT2D eigenvalue weighted by Crippen LogP contribution is 2.28. The second kappa shape index (κ2) is 6.84. The van der Waals surface area contributed by atoms with Crippen LogP contribution >= 0.6 is 0 Å². The number of halogens is 1. The summed E-state index contributed by atoms with van der Waals surface area (Å²) in [6, 6.07) is 4.42. The Morgan fingerprint density at radius 1 is 1.40 bits per heavy atom. The molecule has 0 aromatic heterocycles. The number of carbonyl (C=O) groups excluding carboxylic acids is 1. The highest BCUT2D eigenvalue weighted by molar-refractivity contribution is 5.92. The van der Waals surface area contributed by atoms with Gasteiger partial charge in [0.2, 0.25) is 5.91 Å². The number of nitrogens with one attached hydrogen (secondary N) is 1. The van der Waals surface area contributed by atoms with E-state index < -0.39 is 5.91 Å². The molecule has 0 aliphatic heterocycles. The zero-order valence-electron chi connectivity index (χ0n) is 12.0. The Hall–Kier alpha value is -1.42. The molecule has 1 saturated carbocycles. The van der Waals surface area contributed by atoms with Crippen molar-refractivity contribution in [1.82, 2.24) is 5.32 Å². The van der Waals surface area contributed by atoms with Gasteiger partial charge < -0.3 is 11.1 Å². The Balaban J connectivity index is 1.86. The van der Waals surface area contributed by atoms with Crippen molar-refractivity contribution in [2.24, 2.45) is 17.6 Å². The summed E-state index contributed by atoms with van der Waals surface area (Å²) < 4.78 is 13.8. The molecule has 1 aromatic rings. The predicted molar refractivity (Wildman–Crippen MR) is 77.7 cm³/mol. The molecule has 110 valence electrons. The number of nitrogens with two attached hydrogens (primary N) is 1. The highest BCUT2D eigenvalue weighted by Gasteiger charge is 2.20. The summed E-state index contributed by atoms with van der Waals surface area (Å²) >= 11 is 0. The zero-order chi connectivity index (χ0) is 14.5. The second-order valence-electron chi connectivity index (χ2n) is 5.82. The van der Waals surface area contributed by atoms with Crippen LogP contribution in [-0.4, -0.2) is 12.5 Å². The molecule has 0 saturated heterocycles. The van der Waals surface area contributed by atoms with Gasteiger partial charge in [-0.1, -0.05) is 32.3 Å². The van der Waals surface area contributed by atoms with Crippen LogP contribution in [0.1, 0.15) is 48.5 Å². The van der Waals surface area contributed by atoms with Crippen molar-refractivity contribution in [3.63, 3.8) is 0 Å². The summed E-state index contributed by atoms with van der Waals surface area (Å²) in [5.74, 6) is 0.472. The molecule has 1 aliphatic rings. The standard InChI is InChI=1S/C16H23FN2O/c1-11-4-2-3-5-13(11)9-19-10-14-7-6-12(16(18)20)8-15(14)17/h6-8,11,13,19H,2-5,9-10H2,1H3,(H2,18,20). The van der Waals surface area contributed by atoms with Crippen molar-refractivity contribution in [1.29, 1.82) is 0 Å². The number of hydrogen-bond donors (Lipinski definition) is 2. The maximum atomic E-state index is 13.8. The third kappa shape index (κ3) is 3.79. The van der Waals surface area contributed by atoms with Gasteiger partial charge in [0, 0.05) is 17.7 Å². The van der Waals surface area contributed by atoms with Gasteiger partial charge in [0.25, 0.3) is 0 Å². The summed E-state index contributed by atoms with van der Waals surface area (Å²) in [6.45, 7) is 3.72. The number of rotatable bonds is 5. The van der Waals surface area contributed by atoms with Gasteiger partial charge in [0.05, 0.1) is 0 Å². The monoisotopic (exact) mass is 278 g/mol. The fraction of sp³-hybridized carbons (Fsp3) is 0.562. The van der Waals surface area contributed by atoms with Crippen LogP contribution < -0.4 is 11.1 Å². The molecule has 3 N–H and O–H groups in total. The largest absolute Gasteiger partial charge is 0.366 e. The van der Waals surface area contributed by atoms with Gasteiger partial charge in [-0.05, 0) is 36.9 Å². The summed E-state index contributed by atoms with van der Waals surface area (Å²) in [5, 5.41) is 3.34. The first kappa shape index (κ1) is 15.0. The quantitative estimate of drug-likeness (QED) is 0.870. The van der Waals surface area contributed by atoms with E-state index in [9.17, 15) is 9.18 Å². The Kier molecular flexibility index (Phi) is 5.12. The maximum absolute atomic E-state index is 13.8. The first-order valence-electron chi connectivity index (χ1n) is 7.37. The van der Waals surface area contributed by atoms with Gasteiger partial charge in [-0.25, -0.2) is 4.39 Å².